The Morgan fingerprint density at radius 1 is 0.407 bits per heavy atom. The van der Waals surface area contributed by atoms with Crippen molar-refractivity contribution in [2.24, 2.45) is 24.2 Å². The highest BCUT2D eigenvalue weighted by Crippen LogP contribution is 2.58. The van der Waals surface area contributed by atoms with Gasteiger partial charge in [0.15, 0.2) is 34.2 Å². The first kappa shape index (κ1) is 43.9. The van der Waals surface area contributed by atoms with Gasteiger partial charge in [-0.2, -0.15) is 0 Å². The SMILES string of the molecule is CN(C)P(=NC1=CC2=Nc3cc(N=P(N(C)C)(N(C)C)N(C)C)cc(n3)N=C3C=C(N=P(N(C)C)(N(C)C)N(C)C)C=C(NC(=C1)N2)N3)(N(C)C)N(C)C. The Bertz CT molecular complexity index is 1750. The fourth-order valence-corrected chi connectivity index (χ4v) is 16.3. The normalized spacial score (nSPS) is 16.7. The summed E-state index contributed by atoms with van der Waals surface area (Å²) in [6, 6.07) is 3.81. The predicted molar refractivity (Wildman–Crippen MR) is 231 cm³/mol. The molecule has 4 heterocycles. The maximum Gasteiger partial charge on any atom is 0.171 e. The quantitative estimate of drug-likeness (QED) is 0.247. The van der Waals surface area contributed by atoms with E-state index in [1.807, 2.05) is 36.4 Å². The Balaban J connectivity index is 2.13. The summed E-state index contributed by atoms with van der Waals surface area (Å²) in [6.45, 7) is 0. The lowest BCUT2D eigenvalue weighted by Gasteiger charge is -2.41. The maximum absolute atomic E-state index is 5.43. The van der Waals surface area contributed by atoms with E-state index < -0.39 is 22.5 Å². The smallest absolute Gasteiger partial charge is 0.171 e. The molecule has 6 bridgehead atoms. The third-order valence-corrected chi connectivity index (χ3v) is 19.9. The number of nitrogens with zero attached hydrogens (tertiary/aromatic N) is 15. The number of hydrogen-bond acceptors (Lipinski definition) is 9. The molecular formula is C33H63N18P3. The molecule has 0 amide bonds. The minimum atomic E-state index is -2.32. The average Bonchev–Trinajstić information content (AvgIpc) is 3.02. The molecule has 0 fully saturated rings. The van der Waals surface area contributed by atoms with Crippen LogP contribution in [0.4, 0.5) is 17.3 Å². The van der Waals surface area contributed by atoms with Crippen molar-refractivity contribution in [3.63, 3.8) is 0 Å². The van der Waals surface area contributed by atoms with Gasteiger partial charge in [-0.25, -0.2) is 29.2 Å². The Labute approximate surface area is 324 Å². The molecule has 54 heavy (non-hydrogen) atoms. The fraction of sp³-hybridized carbons (Fsp3) is 0.545. The van der Waals surface area contributed by atoms with Crippen LogP contribution in [-0.2, 0) is 0 Å². The number of amidine groups is 2. The summed E-state index contributed by atoms with van der Waals surface area (Å²) < 4.78 is 35.9. The van der Waals surface area contributed by atoms with E-state index in [2.05, 4.69) is 185 Å². The van der Waals surface area contributed by atoms with Gasteiger partial charge in [-0.1, -0.05) is 0 Å². The molecular weight excluding hydrogens is 741 g/mol. The van der Waals surface area contributed by atoms with Gasteiger partial charge in [-0.05, 0) is 127 Å². The van der Waals surface area contributed by atoms with E-state index in [0.717, 1.165) is 11.4 Å². The number of nitrogens with one attached hydrogen (secondary N) is 3. The van der Waals surface area contributed by atoms with E-state index in [4.69, 9.17) is 29.2 Å². The van der Waals surface area contributed by atoms with Crippen molar-refractivity contribution < 1.29 is 0 Å². The van der Waals surface area contributed by atoms with Crippen molar-refractivity contribution >= 4 is 51.5 Å². The molecule has 0 radical (unpaired) electrons. The third kappa shape index (κ3) is 8.76. The van der Waals surface area contributed by atoms with Crippen LogP contribution in [0.2, 0.25) is 0 Å². The number of hydrogen-bond donors (Lipinski definition) is 3. The molecule has 0 unspecified atom stereocenters. The highest BCUT2D eigenvalue weighted by atomic mass is 31.2. The highest BCUT2D eigenvalue weighted by Gasteiger charge is 2.32. The largest absolute Gasteiger partial charge is 0.328 e. The summed E-state index contributed by atoms with van der Waals surface area (Å²) in [5.41, 5.74) is 2.21. The van der Waals surface area contributed by atoms with Crippen molar-refractivity contribution in [2.45, 2.75) is 0 Å². The number of allylic oxidation sites excluding steroid dienone is 2. The maximum atomic E-state index is 5.43. The van der Waals surface area contributed by atoms with Crippen LogP contribution in [0.5, 0.6) is 0 Å². The first-order chi connectivity index (χ1) is 25.1. The minimum Gasteiger partial charge on any atom is -0.328 e. The monoisotopic (exact) mass is 804 g/mol. The molecule has 300 valence electrons. The zero-order valence-corrected chi connectivity index (χ0v) is 38.2. The lowest BCUT2D eigenvalue weighted by atomic mass is 10.2. The van der Waals surface area contributed by atoms with E-state index >= 15 is 0 Å². The summed E-state index contributed by atoms with van der Waals surface area (Å²) in [7, 11) is 30.2. The molecule has 0 saturated heterocycles. The zero-order valence-electron chi connectivity index (χ0n) is 35.5. The van der Waals surface area contributed by atoms with E-state index in [9.17, 15) is 0 Å². The molecule has 1 aromatic rings. The summed E-state index contributed by atoms with van der Waals surface area (Å²) in [5, 5.41) is 10.5. The molecule has 0 aliphatic carbocycles. The number of rotatable bonds is 12. The van der Waals surface area contributed by atoms with Gasteiger partial charge in [0.2, 0.25) is 0 Å². The summed E-state index contributed by atoms with van der Waals surface area (Å²) in [6.07, 6.45) is 7.89. The van der Waals surface area contributed by atoms with Gasteiger partial charge in [-0.15, -0.1) is 0 Å². The van der Waals surface area contributed by atoms with Crippen LogP contribution in [-0.4, -0.2) is 186 Å². The fourth-order valence-electron chi connectivity index (χ4n) is 6.99. The highest BCUT2D eigenvalue weighted by molar-refractivity contribution is 7.59. The molecule has 3 aliphatic rings. The Hall–Kier alpha value is -2.82. The van der Waals surface area contributed by atoms with Gasteiger partial charge in [0.05, 0.1) is 17.1 Å². The van der Waals surface area contributed by atoms with Gasteiger partial charge in [-0.3, -0.25) is 42.0 Å². The van der Waals surface area contributed by atoms with Crippen molar-refractivity contribution in [3.05, 3.63) is 59.5 Å². The summed E-state index contributed by atoms with van der Waals surface area (Å²) in [5.74, 6) is 3.40. The van der Waals surface area contributed by atoms with E-state index in [1.165, 1.54) is 0 Å². The van der Waals surface area contributed by atoms with Crippen LogP contribution in [0, 0.1) is 0 Å². The Morgan fingerprint density at radius 3 is 1.00 bits per heavy atom. The lowest BCUT2D eigenvalue weighted by molar-refractivity contribution is 0.473. The number of pyridine rings is 1. The standard InChI is InChI=1S/C33H63N18P3/c1-43(2)52(44(3)4,45(5)6)40-25-19-28-34-29(20-25)38-31-22-27(42-54(49(13)14,50(15)16)51(17)18)24-33(36-31)39-32-23-26(21-30(35-32)37-28)41-53(46(7)8,47(9)10)48(11)12/h19-24H,1-18H3,(H3,34,35,36,37,38,39). The molecule has 4 rings (SSSR count). The van der Waals surface area contributed by atoms with E-state index in [-0.39, 0.29) is 0 Å². The van der Waals surface area contributed by atoms with Crippen LogP contribution < -0.4 is 16.0 Å². The van der Waals surface area contributed by atoms with Crippen LogP contribution in [0.1, 0.15) is 0 Å². The summed E-state index contributed by atoms with van der Waals surface area (Å²) >= 11 is 0. The molecule has 0 saturated carbocycles. The zero-order chi connectivity index (χ0) is 40.5. The number of fused-ring (bicyclic) bond motifs is 6. The molecule has 1 aromatic heterocycles. The van der Waals surface area contributed by atoms with Crippen LogP contribution in [0.15, 0.2) is 83.7 Å². The van der Waals surface area contributed by atoms with Gasteiger partial charge >= 0.3 is 0 Å². The van der Waals surface area contributed by atoms with Crippen molar-refractivity contribution in [1.29, 1.82) is 0 Å². The number of aromatic nitrogens is 1. The molecule has 3 aliphatic heterocycles. The van der Waals surface area contributed by atoms with Crippen molar-refractivity contribution in [1.82, 2.24) is 63.0 Å². The summed E-state index contributed by atoms with van der Waals surface area (Å²) in [4.78, 5) is 15.0. The molecule has 18 nitrogen and oxygen atoms in total. The minimum absolute atomic E-state index is 0.456. The second-order valence-corrected chi connectivity index (χ2v) is 25.7. The molecule has 0 atom stereocenters. The van der Waals surface area contributed by atoms with Gasteiger partial charge in [0, 0.05) is 36.4 Å². The van der Waals surface area contributed by atoms with Crippen molar-refractivity contribution in [2.75, 3.05) is 127 Å². The lowest BCUT2D eigenvalue weighted by Crippen LogP contribution is -2.39. The van der Waals surface area contributed by atoms with Crippen LogP contribution in [0.25, 0.3) is 0 Å². The Kier molecular flexibility index (Phi) is 13.9. The van der Waals surface area contributed by atoms with Gasteiger partial charge < -0.3 is 16.0 Å². The third-order valence-electron chi connectivity index (χ3n) is 8.78. The molecule has 21 heteroatoms. The molecule has 0 aromatic carbocycles. The van der Waals surface area contributed by atoms with Gasteiger partial charge in [0.25, 0.3) is 0 Å². The molecule has 0 spiro atoms. The predicted octanol–water partition coefficient (Wildman–Crippen LogP) is 4.93. The van der Waals surface area contributed by atoms with E-state index in [1.54, 1.807) is 0 Å². The average molecular weight is 805 g/mol. The number of dihydropyridines is 2. The topological polar surface area (TPSA) is 140 Å². The van der Waals surface area contributed by atoms with Crippen molar-refractivity contribution in [3.8, 4) is 0 Å². The molecule has 3 N–H and O–H groups in total. The number of aliphatic imine (C=N–C) groups is 2. The van der Waals surface area contributed by atoms with E-state index in [0.29, 0.717) is 40.6 Å². The first-order valence-electron chi connectivity index (χ1n) is 17.4. The van der Waals surface area contributed by atoms with Crippen LogP contribution in [0.3, 0.4) is 0 Å². The second kappa shape index (κ2) is 17.1. The Morgan fingerprint density at radius 2 is 0.704 bits per heavy atom. The second-order valence-electron chi connectivity index (χ2n) is 14.7. The first-order valence-corrected chi connectivity index (χ1v) is 22.2. The van der Waals surface area contributed by atoms with Gasteiger partial charge in [0.1, 0.15) is 23.3 Å². The van der Waals surface area contributed by atoms with Crippen LogP contribution >= 0.6 is 22.5 Å².